The van der Waals surface area contributed by atoms with E-state index < -0.39 is 17.7 Å². The summed E-state index contributed by atoms with van der Waals surface area (Å²) < 4.78 is 32.6. The zero-order valence-corrected chi connectivity index (χ0v) is 18.7. The lowest BCUT2D eigenvalue weighted by Gasteiger charge is -2.37. The molecule has 1 amide bonds. The van der Waals surface area contributed by atoms with E-state index in [4.69, 9.17) is 25.8 Å². The Bertz CT molecular complexity index is 932. The molecule has 166 valence electrons. The number of hydrogen-bond donors (Lipinski definition) is 0. The molecule has 0 fully saturated rings. The van der Waals surface area contributed by atoms with E-state index >= 15 is 0 Å². The summed E-state index contributed by atoms with van der Waals surface area (Å²) >= 11 is 5.97. The molecule has 0 unspecified atom stereocenters. The number of carbonyl (C=O) groups excluding carboxylic acids is 1. The third-order valence-electron chi connectivity index (χ3n) is 5.47. The molecule has 3 aliphatic rings. The molecule has 1 aromatic rings. The van der Waals surface area contributed by atoms with Gasteiger partial charge in [0.05, 0.1) is 5.92 Å². The van der Waals surface area contributed by atoms with Crippen molar-refractivity contribution in [2.75, 3.05) is 19.7 Å². The second kappa shape index (κ2) is 8.58. The molecule has 2 aliphatic heterocycles. The van der Waals surface area contributed by atoms with Gasteiger partial charge in [-0.2, -0.15) is 0 Å². The number of nitrogens with zero attached hydrogens (tertiary/aromatic N) is 1. The summed E-state index contributed by atoms with van der Waals surface area (Å²) in [7, 11) is 0. The van der Waals surface area contributed by atoms with Gasteiger partial charge in [0.1, 0.15) is 24.1 Å². The Morgan fingerprint density at radius 3 is 2.65 bits per heavy atom. The maximum atomic E-state index is 14.9. The van der Waals surface area contributed by atoms with E-state index in [2.05, 4.69) is 0 Å². The van der Waals surface area contributed by atoms with Crippen molar-refractivity contribution in [3.05, 3.63) is 70.2 Å². The molecule has 0 bridgehead atoms. The van der Waals surface area contributed by atoms with E-state index in [1.807, 2.05) is 51.1 Å². The Kier molecular flexibility index (Phi) is 6.02. The minimum absolute atomic E-state index is 0.277. The van der Waals surface area contributed by atoms with E-state index in [-0.39, 0.29) is 12.2 Å². The van der Waals surface area contributed by atoms with Crippen molar-refractivity contribution in [2.24, 2.45) is 5.92 Å². The molecule has 7 heteroatoms. The number of alkyl halides is 1. The van der Waals surface area contributed by atoms with Crippen LogP contribution in [0.1, 0.15) is 38.9 Å². The summed E-state index contributed by atoms with van der Waals surface area (Å²) in [6.07, 6.45) is 3.79. The number of rotatable bonds is 2. The normalized spacial score (nSPS) is 25.9. The van der Waals surface area contributed by atoms with Crippen LogP contribution < -0.4 is 0 Å². The van der Waals surface area contributed by atoms with Gasteiger partial charge in [-0.25, -0.2) is 9.18 Å². The molecule has 0 aromatic heterocycles. The highest BCUT2D eigenvalue weighted by molar-refractivity contribution is 6.30. The summed E-state index contributed by atoms with van der Waals surface area (Å²) in [6.45, 7) is 6.67. The Balaban J connectivity index is 1.48. The number of benzene rings is 1. The van der Waals surface area contributed by atoms with Crippen LogP contribution in [-0.2, 0) is 14.2 Å². The lowest BCUT2D eigenvalue weighted by atomic mass is 9.84. The Labute approximate surface area is 187 Å². The quantitative estimate of drug-likeness (QED) is 0.543. The molecule has 3 atom stereocenters. The van der Waals surface area contributed by atoms with Crippen molar-refractivity contribution >= 4 is 17.7 Å². The second-order valence-corrected chi connectivity index (χ2v) is 9.37. The molecule has 5 nitrogen and oxygen atoms in total. The molecule has 0 radical (unpaired) electrons. The van der Waals surface area contributed by atoms with Crippen LogP contribution in [0.3, 0.4) is 0 Å². The fraction of sp³-hybridized carbons (Fsp3) is 0.458. The molecular weight excluding hydrogens is 421 g/mol. The molecular formula is C24H27ClFNO4. The summed E-state index contributed by atoms with van der Waals surface area (Å²) in [5.41, 5.74) is 1.32. The van der Waals surface area contributed by atoms with Crippen molar-refractivity contribution < 1.29 is 23.4 Å². The number of hydrogen-bond acceptors (Lipinski definition) is 4. The zero-order chi connectivity index (χ0) is 22.2. The number of halogens is 2. The SMILES string of the molecule is CC(C)(C)OC(=O)N1CC=C([C@@H]2C3=C(C=C[C@H]2F)O[C@H](c2ccc(Cl)cc2)CO3)CC1. The van der Waals surface area contributed by atoms with Crippen LogP contribution in [0.2, 0.25) is 5.02 Å². The summed E-state index contributed by atoms with van der Waals surface area (Å²) in [6, 6.07) is 7.42. The first-order valence-electron chi connectivity index (χ1n) is 10.5. The fourth-order valence-electron chi connectivity index (χ4n) is 3.96. The van der Waals surface area contributed by atoms with Crippen LogP contribution in [-0.4, -0.2) is 42.5 Å². The summed E-state index contributed by atoms with van der Waals surface area (Å²) in [5, 5.41) is 0.656. The predicted molar refractivity (Wildman–Crippen MR) is 116 cm³/mol. The Hall–Kier alpha value is -2.47. The third-order valence-corrected chi connectivity index (χ3v) is 5.72. The van der Waals surface area contributed by atoms with Crippen molar-refractivity contribution in [2.45, 2.75) is 45.1 Å². The van der Waals surface area contributed by atoms with Gasteiger partial charge in [-0.3, -0.25) is 0 Å². The van der Waals surface area contributed by atoms with Gasteiger partial charge >= 0.3 is 6.09 Å². The van der Waals surface area contributed by atoms with Crippen molar-refractivity contribution in [3.63, 3.8) is 0 Å². The van der Waals surface area contributed by atoms with Gasteiger partial charge in [0.25, 0.3) is 0 Å². The lowest BCUT2D eigenvalue weighted by Crippen LogP contribution is -2.40. The molecule has 4 rings (SSSR count). The standard InChI is InChI=1S/C24H27ClFNO4/c1-24(2,3)31-23(28)27-12-10-16(11-13-27)21-18(26)8-9-19-22(21)29-14-20(30-19)15-4-6-17(25)7-5-15/h4-10,18,20-21H,11-14H2,1-3H3/t18-,20+,21+/m1/s1. The largest absolute Gasteiger partial charge is 0.489 e. The topological polar surface area (TPSA) is 48.0 Å². The first-order chi connectivity index (χ1) is 14.7. The van der Waals surface area contributed by atoms with Gasteiger partial charge in [-0.15, -0.1) is 0 Å². The van der Waals surface area contributed by atoms with Gasteiger partial charge in [-0.05, 0) is 57.0 Å². The predicted octanol–water partition coefficient (Wildman–Crippen LogP) is 5.73. The van der Waals surface area contributed by atoms with Crippen LogP contribution in [0.25, 0.3) is 0 Å². The minimum Gasteiger partial charge on any atom is -0.489 e. The number of amides is 1. The smallest absolute Gasteiger partial charge is 0.410 e. The molecule has 2 heterocycles. The molecule has 0 spiro atoms. The Morgan fingerprint density at radius 2 is 2.00 bits per heavy atom. The van der Waals surface area contributed by atoms with Crippen molar-refractivity contribution in [3.8, 4) is 0 Å². The van der Waals surface area contributed by atoms with Gasteiger partial charge in [-0.1, -0.05) is 35.4 Å². The Morgan fingerprint density at radius 1 is 1.26 bits per heavy atom. The van der Waals surface area contributed by atoms with Crippen LogP contribution in [0.15, 0.2) is 59.6 Å². The highest BCUT2D eigenvalue weighted by atomic mass is 35.5. The van der Waals surface area contributed by atoms with Crippen LogP contribution in [0.4, 0.5) is 9.18 Å². The van der Waals surface area contributed by atoms with Gasteiger partial charge in [0.2, 0.25) is 0 Å². The van der Waals surface area contributed by atoms with Gasteiger partial charge < -0.3 is 19.1 Å². The molecule has 31 heavy (non-hydrogen) atoms. The highest BCUT2D eigenvalue weighted by Gasteiger charge is 2.39. The molecule has 1 aromatic carbocycles. The number of carbonyl (C=O) groups is 1. The van der Waals surface area contributed by atoms with E-state index in [9.17, 15) is 9.18 Å². The van der Waals surface area contributed by atoms with E-state index in [0.29, 0.717) is 42.7 Å². The maximum Gasteiger partial charge on any atom is 0.410 e. The zero-order valence-electron chi connectivity index (χ0n) is 17.9. The molecule has 0 N–H and O–H groups in total. The third kappa shape index (κ3) is 4.90. The van der Waals surface area contributed by atoms with E-state index in [1.54, 1.807) is 11.0 Å². The van der Waals surface area contributed by atoms with Crippen LogP contribution in [0, 0.1) is 5.92 Å². The van der Waals surface area contributed by atoms with Crippen LogP contribution >= 0.6 is 11.6 Å². The van der Waals surface area contributed by atoms with Crippen molar-refractivity contribution in [1.82, 2.24) is 4.90 Å². The average molecular weight is 448 g/mol. The number of ether oxygens (including phenoxy) is 3. The average Bonchev–Trinajstić information content (AvgIpc) is 2.73. The van der Waals surface area contributed by atoms with Gasteiger partial charge in [0, 0.05) is 18.1 Å². The van der Waals surface area contributed by atoms with Gasteiger partial charge in [0.15, 0.2) is 11.9 Å². The highest BCUT2D eigenvalue weighted by Crippen LogP contribution is 2.41. The second-order valence-electron chi connectivity index (χ2n) is 8.93. The van der Waals surface area contributed by atoms with Crippen molar-refractivity contribution in [1.29, 1.82) is 0 Å². The number of allylic oxidation sites excluding steroid dienone is 3. The van der Waals surface area contributed by atoms with E-state index in [1.165, 1.54) is 6.08 Å². The molecule has 0 saturated heterocycles. The monoisotopic (exact) mass is 447 g/mol. The lowest BCUT2D eigenvalue weighted by molar-refractivity contribution is -0.0157. The fourth-order valence-corrected chi connectivity index (χ4v) is 4.08. The van der Waals surface area contributed by atoms with E-state index in [0.717, 1.165) is 11.1 Å². The summed E-state index contributed by atoms with van der Waals surface area (Å²) in [4.78, 5) is 13.9. The first-order valence-corrected chi connectivity index (χ1v) is 10.9. The first kappa shape index (κ1) is 21.8. The maximum absolute atomic E-state index is 14.9. The molecule has 1 aliphatic carbocycles. The minimum atomic E-state index is -1.20. The summed E-state index contributed by atoms with van der Waals surface area (Å²) in [5.74, 6) is 0.546. The van der Waals surface area contributed by atoms with Crippen LogP contribution in [0.5, 0.6) is 0 Å². The molecule has 0 saturated carbocycles.